The van der Waals surface area contributed by atoms with Crippen LogP contribution < -0.4 is 4.74 Å². The Kier molecular flexibility index (Phi) is 4.81. The van der Waals surface area contributed by atoms with E-state index < -0.39 is 18.2 Å². The molecule has 6 nitrogen and oxygen atoms in total. The molecule has 1 saturated heterocycles. The number of amides is 1. The van der Waals surface area contributed by atoms with E-state index in [1.165, 1.54) is 24.7 Å². The highest BCUT2D eigenvalue weighted by atomic mass is 19.4. The van der Waals surface area contributed by atoms with Crippen LogP contribution in [0.2, 0.25) is 0 Å². The highest BCUT2D eigenvalue weighted by Crippen LogP contribution is 2.57. The fraction of sp³-hybridized carbons (Fsp3) is 0.640. The number of pyridine rings is 1. The van der Waals surface area contributed by atoms with Crippen molar-refractivity contribution in [1.82, 2.24) is 19.7 Å². The average molecular weight is 475 g/mol. The van der Waals surface area contributed by atoms with Crippen molar-refractivity contribution in [3.8, 4) is 5.88 Å². The lowest BCUT2D eigenvalue weighted by atomic mass is 9.65. The Bertz CT molecular complexity index is 1110. The monoisotopic (exact) mass is 474 g/mol. The number of alkyl halides is 3. The first kappa shape index (κ1) is 21.9. The van der Waals surface area contributed by atoms with E-state index in [0.29, 0.717) is 29.6 Å². The lowest BCUT2D eigenvalue weighted by molar-refractivity contribution is -0.194. The van der Waals surface area contributed by atoms with Gasteiger partial charge in [0.15, 0.2) is 0 Å². The molecular weight excluding hydrogens is 445 g/mol. The van der Waals surface area contributed by atoms with Gasteiger partial charge >= 0.3 is 6.18 Å². The van der Waals surface area contributed by atoms with Gasteiger partial charge in [0.25, 0.3) is 5.91 Å². The number of likely N-dealkylation sites (tertiary alicyclic amines) is 1. The molecule has 0 radical (unpaired) electrons. The molecule has 6 rings (SSSR count). The molecule has 2 aromatic heterocycles. The van der Waals surface area contributed by atoms with E-state index in [9.17, 15) is 18.0 Å². The Morgan fingerprint density at radius 3 is 2.65 bits per heavy atom. The van der Waals surface area contributed by atoms with E-state index >= 15 is 0 Å². The van der Waals surface area contributed by atoms with Gasteiger partial charge in [-0.2, -0.15) is 18.3 Å². The molecule has 9 heteroatoms. The van der Waals surface area contributed by atoms with Crippen molar-refractivity contribution in [1.29, 1.82) is 0 Å². The second-order valence-electron chi connectivity index (χ2n) is 10.9. The first-order valence-electron chi connectivity index (χ1n) is 12.2. The summed E-state index contributed by atoms with van der Waals surface area (Å²) in [6, 6.07) is 4.23. The largest absolute Gasteiger partial charge is 0.477 e. The summed E-state index contributed by atoms with van der Waals surface area (Å²) < 4.78 is 46.9. The van der Waals surface area contributed by atoms with E-state index in [4.69, 9.17) is 9.84 Å². The summed E-state index contributed by atoms with van der Waals surface area (Å²) in [6.07, 6.45) is 4.99. The lowest BCUT2D eigenvalue weighted by Gasteiger charge is -2.45. The third-order valence-electron chi connectivity index (χ3n) is 8.28. The maximum Gasteiger partial charge on any atom is 0.397 e. The summed E-state index contributed by atoms with van der Waals surface area (Å²) in [5, 5.41) is 4.77. The zero-order valence-corrected chi connectivity index (χ0v) is 19.3. The van der Waals surface area contributed by atoms with Gasteiger partial charge in [-0.15, -0.1) is 0 Å². The van der Waals surface area contributed by atoms with Crippen LogP contribution in [0.1, 0.15) is 78.5 Å². The molecule has 0 aromatic carbocycles. The number of nitrogens with zero attached hydrogens (tertiary/aromatic N) is 4. The molecule has 3 aliphatic carbocycles. The minimum absolute atomic E-state index is 0.0773. The standard InChI is InChI=1S/C25H29F3N4O2/c1-16-10-18(13-29-21(16)34-15-24(5-6-24)25(26,27)28)22(33)31-9-7-23(14-31)11-19(12-23)32-8-4-20(30-32)17-2-3-17/h4,8,10,13,17,19H,2-3,5-7,9,11-12,14-15H2,1H3. The van der Waals surface area contributed by atoms with E-state index in [0.717, 1.165) is 25.8 Å². The molecule has 2 aromatic rings. The van der Waals surface area contributed by atoms with Crippen LogP contribution in [0, 0.1) is 17.8 Å². The molecule has 4 fully saturated rings. The first-order chi connectivity index (χ1) is 16.2. The minimum Gasteiger partial charge on any atom is -0.477 e. The quantitative estimate of drug-likeness (QED) is 0.588. The summed E-state index contributed by atoms with van der Waals surface area (Å²) in [6.45, 7) is 2.73. The van der Waals surface area contributed by atoms with Gasteiger partial charge in [-0.3, -0.25) is 9.48 Å². The normalized spacial score (nSPS) is 27.6. The Morgan fingerprint density at radius 1 is 1.24 bits per heavy atom. The maximum absolute atomic E-state index is 13.1. The number of carbonyl (C=O) groups excluding carboxylic acids is 1. The molecule has 0 N–H and O–H groups in total. The molecule has 4 aliphatic rings. The molecule has 3 saturated carbocycles. The van der Waals surface area contributed by atoms with Crippen molar-refractivity contribution in [2.24, 2.45) is 10.8 Å². The second-order valence-corrected chi connectivity index (χ2v) is 10.9. The summed E-state index contributed by atoms with van der Waals surface area (Å²) >= 11 is 0. The molecule has 0 unspecified atom stereocenters. The van der Waals surface area contributed by atoms with Gasteiger partial charge in [-0.05, 0) is 69.4 Å². The number of halogens is 3. The SMILES string of the molecule is Cc1cc(C(=O)N2CCC3(CC(n4ccc(C5CC5)n4)C3)C2)cnc1OCC1(C(F)(F)F)CC1. The number of hydrogen-bond acceptors (Lipinski definition) is 4. The highest BCUT2D eigenvalue weighted by Gasteiger charge is 2.64. The Hall–Kier alpha value is -2.58. The Labute approximate surface area is 196 Å². The summed E-state index contributed by atoms with van der Waals surface area (Å²) in [5.41, 5.74) is 0.663. The molecule has 0 atom stereocenters. The van der Waals surface area contributed by atoms with Crippen LogP contribution in [0.4, 0.5) is 13.2 Å². The predicted octanol–water partition coefficient (Wildman–Crippen LogP) is 5.05. The van der Waals surface area contributed by atoms with Gasteiger partial charge < -0.3 is 9.64 Å². The number of aryl methyl sites for hydroxylation is 1. The van der Waals surface area contributed by atoms with Gasteiger partial charge in [-0.25, -0.2) is 4.98 Å². The first-order valence-corrected chi connectivity index (χ1v) is 12.2. The fourth-order valence-electron chi connectivity index (χ4n) is 5.60. The molecule has 3 heterocycles. The van der Waals surface area contributed by atoms with E-state index in [1.54, 1.807) is 13.0 Å². The van der Waals surface area contributed by atoms with Crippen molar-refractivity contribution < 1.29 is 22.7 Å². The van der Waals surface area contributed by atoms with Gasteiger partial charge in [0.05, 0.1) is 17.3 Å². The summed E-state index contributed by atoms with van der Waals surface area (Å²) in [7, 11) is 0. The van der Waals surface area contributed by atoms with Crippen LogP contribution in [-0.2, 0) is 0 Å². The zero-order valence-electron chi connectivity index (χ0n) is 19.3. The van der Waals surface area contributed by atoms with Crippen LogP contribution in [0.25, 0.3) is 0 Å². The number of hydrogen-bond donors (Lipinski definition) is 0. The van der Waals surface area contributed by atoms with Crippen LogP contribution in [0.3, 0.4) is 0 Å². The summed E-state index contributed by atoms with van der Waals surface area (Å²) in [5.74, 6) is 0.742. The highest BCUT2D eigenvalue weighted by molar-refractivity contribution is 5.94. The van der Waals surface area contributed by atoms with E-state index in [1.807, 2.05) is 4.90 Å². The third-order valence-corrected chi connectivity index (χ3v) is 8.28. The van der Waals surface area contributed by atoms with Crippen molar-refractivity contribution in [3.63, 3.8) is 0 Å². The van der Waals surface area contributed by atoms with Gasteiger partial charge in [0.2, 0.25) is 5.88 Å². The minimum atomic E-state index is -4.26. The van der Waals surface area contributed by atoms with Crippen molar-refractivity contribution >= 4 is 5.91 Å². The molecular formula is C25H29F3N4O2. The number of carbonyl (C=O) groups is 1. The van der Waals surface area contributed by atoms with Crippen LogP contribution >= 0.6 is 0 Å². The molecule has 1 spiro atoms. The number of ether oxygens (including phenoxy) is 1. The Morgan fingerprint density at radius 2 is 2.00 bits per heavy atom. The average Bonchev–Trinajstić information content (AvgIpc) is 3.68. The molecule has 182 valence electrons. The number of rotatable bonds is 6. The van der Waals surface area contributed by atoms with E-state index in [-0.39, 0.29) is 30.0 Å². The van der Waals surface area contributed by atoms with Crippen molar-refractivity contribution in [3.05, 3.63) is 41.3 Å². The fourth-order valence-corrected chi connectivity index (χ4v) is 5.60. The molecule has 34 heavy (non-hydrogen) atoms. The number of aromatic nitrogens is 3. The van der Waals surface area contributed by atoms with Crippen LogP contribution in [0.15, 0.2) is 24.5 Å². The predicted molar refractivity (Wildman–Crippen MR) is 118 cm³/mol. The molecule has 1 aliphatic heterocycles. The topological polar surface area (TPSA) is 60.2 Å². The van der Waals surface area contributed by atoms with E-state index in [2.05, 4.69) is 21.9 Å². The van der Waals surface area contributed by atoms with Gasteiger partial charge in [0, 0.05) is 37.0 Å². The smallest absolute Gasteiger partial charge is 0.397 e. The molecule has 1 amide bonds. The van der Waals surface area contributed by atoms with Crippen molar-refractivity contribution in [2.75, 3.05) is 19.7 Å². The van der Waals surface area contributed by atoms with Crippen LogP contribution in [0.5, 0.6) is 5.88 Å². The maximum atomic E-state index is 13.1. The lowest BCUT2D eigenvalue weighted by Crippen LogP contribution is -2.42. The van der Waals surface area contributed by atoms with Gasteiger partial charge in [0.1, 0.15) is 12.0 Å². The summed E-state index contributed by atoms with van der Waals surface area (Å²) in [4.78, 5) is 19.2. The second kappa shape index (κ2) is 7.46. The Balaban J connectivity index is 1.05. The zero-order chi connectivity index (χ0) is 23.7. The van der Waals surface area contributed by atoms with Crippen molar-refractivity contribution in [2.45, 2.75) is 70.0 Å². The third kappa shape index (κ3) is 3.77. The van der Waals surface area contributed by atoms with Gasteiger partial charge in [-0.1, -0.05) is 0 Å². The molecule has 0 bridgehead atoms. The van der Waals surface area contributed by atoms with Crippen LogP contribution in [-0.4, -0.2) is 51.4 Å².